The Bertz CT molecular complexity index is 812. The van der Waals surface area contributed by atoms with E-state index in [0.29, 0.717) is 5.69 Å². The molecular formula is C15H13IN4O. The zero-order valence-corrected chi connectivity index (χ0v) is 13.4. The summed E-state index contributed by atoms with van der Waals surface area (Å²) in [5, 5.41) is 5.66. The number of hydrogen-bond acceptors (Lipinski definition) is 2. The van der Waals surface area contributed by atoms with Gasteiger partial charge in [-0.25, -0.2) is 9.78 Å². The Morgan fingerprint density at radius 3 is 2.86 bits per heavy atom. The number of aromatic amines is 1. The predicted molar refractivity (Wildman–Crippen MR) is 92.6 cm³/mol. The molecule has 0 aliphatic heterocycles. The molecule has 0 fully saturated rings. The van der Waals surface area contributed by atoms with E-state index in [4.69, 9.17) is 0 Å². The average molecular weight is 392 g/mol. The number of carbonyl (C=O) groups is 1. The molecule has 3 rings (SSSR count). The second kappa shape index (κ2) is 5.72. The summed E-state index contributed by atoms with van der Waals surface area (Å²) in [7, 11) is 0. The summed E-state index contributed by atoms with van der Waals surface area (Å²) in [6, 6.07) is 11.1. The summed E-state index contributed by atoms with van der Waals surface area (Å²) in [5.41, 5.74) is 4.30. The molecule has 0 radical (unpaired) electrons. The van der Waals surface area contributed by atoms with E-state index in [2.05, 4.69) is 43.2 Å². The van der Waals surface area contributed by atoms with Crippen molar-refractivity contribution in [2.24, 2.45) is 0 Å². The van der Waals surface area contributed by atoms with Crippen LogP contribution in [0, 0.1) is 10.5 Å². The molecule has 1 heterocycles. The zero-order chi connectivity index (χ0) is 14.8. The lowest BCUT2D eigenvalue weighted by atomic mass is 10.2. The van der Waals surface area contributed by atoms with Gasteiger partial charge >= 0.3 is 6.03 Å². The number of H-pyrrole nitrogens is 1. The highest BCUT2D eigenvalue weighted by Gasteiger charge is 2.06. The Labute approximate surface area is 135 Å². The van der Waals surface area contributed by atoms with Crippen LogP contribution >= 0.6 is 22.6 Å². The molecule has 106 valence electrons. The van der Waals surface area contributed by atoms with Gasteiger partial charge in [0.15, 0.2) is 0 Å². The minimum Gasteiger partial charge on any atom is -0.345 e. The molecule has 6 heteroatoms. The number of anilines is 2. The Morgan fingerprint density at radius 1 is 1.19 bits per heavy atom. The Morgan fingerprint density at radius 2 is 2.05 bits per heavy atom. The van der Waals surface area contributed by atoms with E-state index in [1.54, 1.807) is 6.33 Å². The van der Waals surface area contributed by atoms with Gasteiger partial charge in [-0.1, -0.05) is 0 Å². The summed E-state index contributed by atoms with van der Waals surface area (Å²) < 4.78 is 1.14. The van der Waals surface area contributed by atoms with Gasteiger partial charge in [-0.2, -0.15) is 0 Å². The molecule has 0 saturated heterocycles. The monoisotopic (exact) mass is 392 g/mol. The molecule has 2 amide bonds. The first-order valence-corrected chi connectivity index (χ1v) is 7.47. The van der Waals surface area contributed by atoms with Gasteiger partial charge in [-0.15, -0.1) is 0 Å². The number of halogens is 1. The van der Waals surface area contributed by atoms with Gasteiger partial charge in [0.25, 0.3) is 0 Å². The second-order valence-corrected chi connectivity index (χ2v) is 5.92. The third-order valence-electron chi connectivity index (χ3n) is 3.11. The molecule has 0 aliphatic carbocycles. The molecule has 0 spiro atoms. The number of rotatable bonds is 2. The Balaban J connectivity index is 1.73. The van der Waals surface area contributed by atoms with Crippen LogP contribution in [0.3, 0.4) is 0 Å². The highest BCUT2D eigenvalue weighted by molar-refractivity contribution is 14.1. The maximum absolute atomic E-state index is 12.0. The van der Waals surface area contributed by atoms with E-state index in [1.807, 2.05) is 43.3 Å². The first kappa shape index (κ1) is 13.9. The molecule has 5 nitrogen and oxygen atoms in total. The average Bonchev–Trinajstić information content (AvgIpc) is 2.89. The molecule has 0 aliphatic rings. The molecule has 3 aromatic rings. The summed E-state index contributed by atoms with van der Waals surface area (Å²) in [4.78, 5) is 19.2. The predicted octanol–water partition coefficient (Wildman–Crippen LogP) is 4.12. The minimum atomic E-state index is -0.266. The molecule has 2 aromatic carbocycles. The van der Waals surface area contributed by atoms with Crippen molar-refractivity contribution in [3.63, 3.8) is 0 Å². The van der Waals surface area contributed by atoms with Gasteiger partial charge in [-0.05, 0) is 71.5 Å². The molecule has 3 N–H and O–H groups in total. The fraction of sp³-hybridized carbons (Fsp3) is 0.0667. The quantitative estimate of drug-likeness (QED) is 0.575. The zero-order valence-electron chi connectivity index (χ0n) is 11.3. The van der Waals surface area contributed by atoms with Crippen LogP contribution in [0.2, 0.25) is 0 Å². The third kappa shape index (κ3) is 3.15. The van der Waals surface area contributed by atoms with Crippen LogP contribution < -0.4 is 10.6 Å². The number of amides is 2. The van der Waals surface area contributed by atoms with Crippen LogP contribution in [0.1, 0.15) is 5.56 Å². The number of hydrogen-bond donors (Lipinski definition) is 3. The fourth-order valence-corrected chi connectivity index (χ4v) is 2.71. The third-order valence-corrected chi connectivity index (χ3v) is 3.79. The van der Waals surface area contributed by atoms with Crippen molar-refractivity contribution < 1.29 is 4.79 Å². The van der Waals surface area contributed by atoms with Gasteiger partial charge in [0.05, 0.1) is 17.4 Å². The van der Waals surface area contributed by atoms with Crippen LogP contribution in [0.4, 0.5) is 16.2 Å². The number of carbonyl (C=O) groups excluding carboxylic acids is 1. The number of imidazole rings is 1. The minimum absolute atomic E-state index is 0.266. The van der Waals surface area contributed by atoms with Crippen molar-refractivity contribution in [2.75, 3.05) is 10.6 Å². The van der Waals surface area contributed by atoms with Crippen molar-refractivity contribution in [1.29, 1.82) is 0 Å². The van der Waals surface area contributed by atoms with E-state index in [-0.39, 0.29) is 6.03 Å². The van der Waals surface area contributed by atoms with Crippen LogP contribution in [0.5, 0.6) is 0 Å². The van der Waals surface area contributed by atoms with E-state index < -0.39 is 0 Å². The first-order valence-electron chi connectivity index (χ1n) is 6.39. The summed E-state index contributed by atoms with van der Waals surface area (Å²) in [5.74, 6) is 0. The maximum Gasteiger partial charge on any atom is 0.323 e. The lowest BCUT2D eigenvalue weighted by Crippen LogP contribution is -2.19. The van der Waals surface area contributed by atoms with Crippen molar-refractivity contribution in [1.82, 2.24) is 9.97 Å². The van der Waals surface area contributed by atoms with Crippen molar-refractivity contribution in [3.8, 4) is 0 Å². The van der Waals surface area contributed by atoms with Crippen molar-refractivity contribution in [2.45, 2.75) is 6.92 Å². The highest BCUT2D eigenvalue weighted by Crippen LogP contribution is 2.19. The SMILES string of the molecule is Cc1cc(I)ccc1NC(=O)Nc1ccc2nc[nH]c2c1. The lowest BCUT2D eigenvalue weighted by Gasteiger charge is -2.10. The Kier molecular flexibility index (Phi) is 3.78. The van der Waals surface area contributed by atoms with Crippen LogP contribution in [0.25, 0.3) is 11.0 Å². The Hall–Kier alpha value is -2.09. The van der Waals surface area contributed by atoms with Gasteiger partial charge in [0.1, 0.15) is 0 Å². The summed E-state index contributed by atoms with van der Waals surface area (Å²) in [6.07, 6.45) is 1.63. The highest BCUT2D eigenvalue weighted by atomic mass is 127. The number of benzene rings is 2. The van der Waals surface area contributed by atoms with E-state index >= 15 is 0 Å². The molecular weight excluding hydrogens is 379 g/mol. The van der Waals surface area contributed by atoms with E-state index in [0.717, 1.165) is 25.9 Å². The smallest absolute Gasteiger partial charge is 0.323 e. The van der Waals surface area contributed by atoms with Gasteiger partial charge in [0, 0.05) is 14.9 Å². The van der Waals surface area contributed by atoms with Gasteiger partial charge in [-0.3, -0.25) is 0 Å². The largest absolute Gasteiger partial charge is 0.345 e. The molecule has 0 bridgehead atoms. The summed E-state index contributed by atoms with van der Waals surface area (Å²) >= 11 is 2.24. The maximum atomic E-state index is 12.0. The number of urea groups is 1. The lowest BCUT2D eigenvalue weighted by molar-refractivity contribution is 0.262. The normalized spacial score (nSPS) is 10.6. The van der Waals surface area contributed by atoms with E-state index in [9.17, 15) is 4.79 Å². The number of aromatic nitrogens is 2. The molecule has 0 unspecified atom stereocenters. The van der Waals surface area contributed by atoms with Gasteiger partial charge in [0.2, 0.25) is 0 Å². The number of aryl methyl sites for hydroxylation is 1. The van der Waals surface area contributed by atoms with Crippen LogP contribution in [0.15, 0.2) is 42.7 Å². The first-order chi connectivity index (χ1) is 10.1. The number of fused-ring (bicyclic) bond motifs is 1. The number of nitrogens with one attached hydrogen (secondary N) is 3. The van der Waals surface area contributed by atoms with E-state index in [1.165, 1.54) is 0 Å². The van der Waals surface area contributed by atoms with Crippen molar-refractivity contribution >= 4 is 51.0 Å². The standard InChI is InChI=1S/C15H13IN4O/c1-9-6-10(16)2-4-12(9)20-15(21)19-11-3-5-13-14(7-11)18-8-17-13/h2-8H,1H3,(H,17,18)(H2,19,20,21). The topological polar surface area (TPSA) is 69.8 Å². The molecule has 0 atom stereocenters. The fourth-order valence-electron chi connectivity index (χ4n) is 2.07. The van der Waals surface area contributed by atoms with Crippen LogP contribution in [-0.4, -0.2) is 16.0 Å². The molecule has 21 heavy (non-hydrogen) atoms. The summed E-state index contributed by atoms with van der Waals surface area (Å²) in [6.45, 7) is 1.97. The van der Waals surface area contributed by atoms with Gasteiger partial charge < -0.3 is 15.6 Å². The molecule has 1 aromatic heterocycles. The van der Waals surface area contributed by atoms with Crippen molar-refractivity contribution in [3.05, 3.63) is 51.9 Å². The second-order valence-electron chi connectivity index (χ2n) is 4.67. The number of nitrogens with zero attached hydrogens (tertiary/aromatic N) is 1. The van der Waals surface area contributed by atoms with Crippen LogP contribution in [-0.2, 0) is 0 Å². The molecule has 0 saturated carbocycles.